The second-order valence-electron chi connectivity index (χ2n) is 4.29. The molecule has 0 aliphatic carbocycles. The standard InChI is InChI=1S/C13H10BrF2N3O2/c1-7-11(19(20)21)6-18-13(12(7)14)17-5-8-2-3-9(15)10(16)4-8/h2-4,6H,5H2,1H3,(H,17,18). The number of anilines is 1. The number of rotatable bonds is 4. The van der Waals surface area contributed by atoms with Crippen molar-refractivity contribution in [3.63, 3.8) is 0 Å². The van der Waals surface area contributed by atoms with Gasteiger partial charge in [-0.3, -0.25) is 10.1 Å². The monoisotopic (exact) mass is 357 g/mol. The van der Waals surface area contributed by atoms with Gasteiger partial charge >= 0.3 is 0 Å². The maximum atomic E-state index is 13.1. The van der Waals surface area contributed by atoms with Crippen LogP contribution in [0, 0.1) is 28.7 Å². The van der Waals surface area contributed by atoms with Gasteiger partial charge in [0.25, 0.3) is 5.69 Å². The first-order chi connectivity index (χ1) is 9.90. The molecule has 0 radical (unpaired) electrons. The van der Waals surface area contributed by atoms with E-state index in [2.05, 4.69) is 26.2 Å². The molecule has 110 valence electrons. The molecular weight excluding hydrogens is 348 g/mol. The number of halogens is 3. The highest BCUT2D eigenvalue weighted by Crippen LogP contribution is 2.30. The van der Waals surface area contributed by atoms with Crippen LogP contribution >= 0.6 is 15.9 Å². The van der Waals surface area contributed by atoms with Crippen LogP contribution in [0.3, 0.4) is 0 Å². The number of benzene rings is 1. The lowest BCUT2D eigenvalue weighted by atomic mass is 10.2. The molecule has 0 aliphatic heterocycles. The molecule has 0 atom stereocenters. The van der Waals surface area contributed by atoms with Crippen LogP contribution in [0.1, 0.15) is 11.1 Å². The summed E-state index contributed by atoms with van der Waals surface area (Å²) in [6.07, 6.45) is 1.15. The van der Waals surface area contributed by atoms with E-state index in [1.54, 1.807) is 6.92 Å². The molecule has 0 saturated heterocycles. The maximum absolute atomic E-state index is 13.1. The molecule has 2 aromatic rings. The van der Waals surface area contributed by atoms with Crippen LogP contribution in [-0.2, 0) is 6.54 Å². The summed E-state index contributed by atoms with van der Waals surface area (Å²) in [7, 11) is 0. The number of nitrogens with one attached hydrogen (secondary N) is 1. The third-order valence-corrected chi connectivity index (χ3v) is 3.85. The molecule has 0 unspecified atom stereocenters. The Kier molecular flexibility index (Phi) is 4.46. The van der Waals surface area contributed by atoms with Crippen molar-refractivity contribution < 1.29 is 13.7 Å². The minimum Gasteiger partial charge on any atom is -0.365 e. The lowest BCUT2D eigenvalue weighted by Crippen LogP contribution is -2.05. The zero-order chi connectivity index (χ0) is 15.6. The summed E-state index contributed by atoms with van der Waals surface area (Å²) in [5.41, 5.74) is 0.863. The van der Waals surface area contributed by atoms with Crippen LogP contribution in [0.4, 0.5) is 20.3 Å². The van der Waals surface area contributed by atoms with Crippen molar-refractivity contribution in [2.45, 2.75) is 13.5 Å². The minimum absolute atomic E-state index is 0.0970. The van der Waals surface area contributed by atoms with E-state index in [1.165, 1.54) is 6.07 Å². The average Bonchev–Trinajstić information content (AvgIpc) is 2.43. The van der Waals surface area contributed by atoms with E-state index < -0.39 is 16.6 Å². The Hall–Kier alpha value is -2.09. The number of nitrogens with zero attached hydrogens (tertiary/aromatic N) is 2. The summed E-state index contributed by atoms with van der Waals surface area (Å²) in [5.74, 6) is -1.45. The summed E-state index contributed by atoms with van der Waals surface area (Å²) >= 11 is 3.24. The zero-order valence-electron chi connectivity index (χ0n) is 10.9. The molecule has 0 amide bonds. The predicted octanol–water partition coefficient (Wildman–Crippen LogP) is 3.95. The lowest BCUT2D eigenvalue weighted by molar-refractivity contribution is -0.385. The number of aromatic nitrogens is 1. The summed E-state index contributed by atoms with van der Waals surface area (Å²) in [4.78, 5) is 14.2. The van der Waals surface area contributed by atoms with Crippen molar-refractivity contribution in [2.75, 3.05) is 5.32 Å². The Morgan fingerprint density at radius 2 is 2.10 bits per heavy atom. The third-order valence-electron chi connectivity index (χ3n) is 2.88. The molecule has 0 bridgehead atoms. The van der Waals surface area contributed by atoms with Crippen molar-refractivity contribution in [1.29, 1.82) is 0 Å². The van der Waals surface area contributed by atoms with Gasteiger partial charge in [-0.05, 0) is 40.5 Å². The Balaban J connectivity index is 2.18. The van der Waals surface area contributed by atoms with Crippen molar-refractivity contribution in [2.24, 2.45) is 0 Å². The summed E-state index contributed by atoms with van der Waals surface area (Å²) in [6.45, 7) is 1.80. The fourth-order valence-corrected chi connectivity index (χ4v) is 2.16. The molecule has 0 aliphatic rings. The molecule has 1 N–H and O–H groups in total. The van der Waals surface area contributed by atoms with Gasteiger partial charge < -0.3 is 5.32 Å². The van der Waals surface area contributed by atoms with E-state index in [0.717, 1.165) is 18.3 Å². The van der Waals surface area contributed by atoms with Crippen LogP contribution in [0.25, 0.3) is 0 Å². The van der Waals surface area contributed by atoms with E-state index >= 15 is 0 Å². The highest BCUT2D eigenvalue weighted by atomic mass is 79.9. The Bertz CT molecular complexity index is 710. The molecular formula is C13H10BrF2N3O2. The predicted molar refractivity (Wildman–Crippen MR) is 77.0 cm³/mol. The first kappa shape index (κ1) is 15.3. The topological polar surface area (TPSA) is 68.1 Å². The highest BCUT2D eigenvalue weighted by molar-refractivity contribution is 9.10. The Morgan fingerprint density at radius 3 is 2.71 bits per heavy atom. The van der Waals surface area contributed by atoms with Gasteiger partial charge in [-0.15, -0.1) is 0 Å². The normalized spacial score (nSPS) is 10.5. The van der Waals surface area contributed by atoms with Gasteiger partial charge in [0.05, 0.1) is 9.40 Å². The highest BCUT2D eigenvalue weighted by Gasteiger charge is 2.17. The first-order valence-electron chi connectivity index (χ1n) is 5.87. The van der Waals surface area contributed by atoms with Gasteiger partial charge in [-0.2, -0.15) is 0 Å². The summed E-state index contributed by atoms with van der Waals surface area (Å²) < 4.78 is 26.4. The number of hydrogen-bond donors (Lipinski definition) is 1. The fraction of sp³-hybridized carbons (Fsp3) is 0.154. The average molecular weight is 358 g/mol. The van der Waals surface area contributed by atoms with E-state index in [4.69, 9.17) is 0 Å². The Morgan fingerprint density at radius 1 is 1.38 bits per heavy atom. The van der Waals surface area contributed by atoms with Gasteiger partial charge in [0.2, 0.25) is 0 Å². The fourth-order valence-electron chi connectivity index (χ4n) is 1.71. The maximum Gasteiger partial charge on any atom is 0.291 e. The number of hydrogen-bond acceptors (Lipinski definition) is 4. The molecule has 1 aromatic heterocycles. The van der Waals surface area contributed by atoms with Crippen LogP contribution in [0.15, 0.2) is 28.9 Å². The Labute approximate surface area is 127 Å². The molecule has 1 heterocycles. The van der Waals surface area contributed by atoms with E-state index in [9.17, 15) is 18.9 Å². The van der Waals surface area contributed by atoms with Crippen LogP contribution < -0.4 is 5.32 Å². The van der Waals surface area contributed by atoms with Crippen LogP contribution in [-0.4, -0.2) is 9.91 Å². The summed E-state index contributed by atoms with van der Waals surface area (Å²) in [5, 5.41) is 13.7. The van der Waals surface area contributed by atoms with E-state index in [1.807, 2.05) is 0 Å². The SMILES string of the molecule is Cc1c([N+](=O)[O-])cnc(NCc2ccc(F)c(F)c2)c1Br. The van der Waals surface area contributed by atoms with Gasteiger partial charge in [0.15, 0.2) is 11.6 Å². The minimum atomic E-state index is -0.929. The smallest absolute Gasteiger partial charge is 0.291 e. The van der Waals surface area contributed by atoms with Crippen molar-refractivity contribution in [3.8, 4) is 0 Å². The molecule has 0 spiro atoms. The molecule has 2 rings (SSSR count). The number of pyridine rings is 1. The lowest BCUT2D eigenvalue weighted by Gasteiger charge is -2.09. The molecule has 1 aromatic carbocycles. The zero-order valence-corrected chi connectivity index (χ0v) is 12.4. The van der Waals surface area contributed by atoms with Crippen molar-refractivity contribution in [3.05, 3.63) is 61.7 Å². The molecule has 8 heteroatoms. The first-order valence-corrected chi connectivity index (χ1v) is 6.66. The number of nitro groups is 1. The molecule has 5 nitrogen and oxygen atoms in total. The van der Waals surface area contributed by atoms with Gasteiger partial charge in [0.1, 0.15) is 12.0 Å². The molecule has 21 heavy (non-hydrogen) atoms. The second kappa shape index (κ2) is 6.13. The van der Waals surface area contributed by atoms with Crippen molar-refractivity contribution in [1.82, 2.24) is 4.98 Å². The van der Waals surface area contributed by atoms with Gasteiger partial charge in [0, 0.05) is 12.1 Å². The second-order valence-corrected chi connectivity index (χ2v) is 5.08. The van der Waals surface area contributed by atoms with Crippen LogP contribution in [0.2, 0.25) is 0 Å². The van der Waals surface area contributed by atoms with Crippen LogP contribution in [0.5, 0.6) is 0 Å². The van der Waals surface area contributed by atoms with Gasteiger partial charge in [-0.25, -0.2) is 13.8 Å². The quantitative estimate of drug-likeness (QED) is 0.664. The third kappa shape index (κ3) is 3.33. The van der Waals surface area contributed by atoms with E-state index in [0.29, 0.717) is 21.4 Å². The molecule has 0 fully saturated rings. The van der Waals surface area contributed by atoms with Gasteiger partial charge in [-0.1, -0.05) is 6.07 Å². The van der Waals surface area contributed by atoms with Crippen molar-refractivity contribution >= 4 is 27.4 Å². The summed E-state index contributed by atoms with van der Waals surface area (Å²) in [6, 6.07) is 3.56. The molecule has 0 saturated carbocycles. The van der Waals surface area contributed by atoms with E-state index in [-0.39, 0.29) is 12.2 Å². The largest absolute Gasteiger partial charge is 0.365 e.